The van der Waals surface area contributed by atoms with Crippen molar-refractivity contribution in [2.24, 2.45) is 0 Å². The molecule has 7 nitrogen and oxygen atoms in total. The molecule has 34 heavy (non-hydrogen) atoms. The second kappa shape index (κ2) is 9.68. The van der Waals surface area contributed by atoms with Crippen molar-refractivity contribution in [1.82, 2.24) is 20.4 Å². The van der Waals surface area contributed by atoms with Gasteiger partial charge in [0.1, 0.15) is 6.04 Å². The van der Waals surface area contributed by atoms with Crippen LogP contribution in [-0.4, -0.2) is 52.7 Å². The Hall–Kier alpha value is -3.03. The van der Waals surface area contributed by atoms with E-state index in [4.69, 9.17) is 0 Å². The minimum atomic E-state index is -0.570. The minimum absolute atomic E-state index is 0.123. The monoisotopic (exact) mass is 460 g/mol. The number of hydrogen-bond acceptors (Lipinski definition) is 5. The van der Waals surface area contributed by atoms with Crippen molar-refractivity contribution >= 4 is 17.7 Å². The van der Waals surface area contributed by atoms with Crippen molar-refractivity contribution in [2.75, 3.05) is 13.1 Å². The third-order valence-electron chi connectivity index (χ3n) is 7.47. The first kappa shape index (κ1) is 22.7. The molecule has 0 spiro atoms. The molecule has 5 rings (SSSR count). The van der Waals surface area contributed by atoms with Gasteiger partial charge in [0.15, 0.2) is 0 Å². The van der Waals surface area contributed by atoms with Gasteiger partial charge in [0.25, 0.3) is 5.91 Å². The number of amides is 3. The third-order valence-corrected chi connectivity index (χ3v) is 7.47. The third kappa shape index (κ3) is 4.63. The number of carbonyl (C=O) groups is 3. The number of piperidine rings is 2. The Balaban J connectivity index is 1.19. The quantitative estimate of drug-likeness (QED) is 0.648. The van der Waals surface area contributed by atoms with Gasteiger partial charge in [0.2, 0.25) is 11.8 Å². The van der Waals surface area contributed by atoms with Gasteiger partial charge in [0, 0.05) is 43.7 Å². The summed E-state index contributed by atoms with van der Waals surface area (Å²) in [6.07, 6.45) is 2.99. The second-order valence-corrected chi connectivity index (χ2v) is 9.69. The molecular formula is C27H32N4O3. The highest BCUT2D eigenvalue weighted by Crippen LogP contribution is 2.29. The Labute approximate surface area is 200 Å². The van der Waals surface area contributed by atoms with Gasteiger partial charge in [-0.25, -0.2) is 0 Å². The maximum absolute atomic E-state index is 12.9. The van der Waals surface area contributed by atoms with Crippen molar-refractivity contribution in [1.29, 1.82) is 0 Å². The summed E-state index contributed by atoms with van der Waals surface area (Å²) >= 11 is 0. The van der Waals surface area contributed by atoms with E-state index < -0.39 is 6.04 Å². The first-order chi connectivity index (χ1) is 16.5. The van der Waals surface area contributed by atoms with Crippen LogP contribution in [0.1, 0.15) is 65.7 Å². The van der Waals surface area contributed by atoms with Crippen LogP contribution in [0, 0.1) is 0 Å². The molecule has 2 fully saturated rings. The number of benzene rings is 2. The summed E-state index contributed by atoms with van der Waals surface area (Å²) in [6, 6.07) is 16.9. The van der Waals surface area contributed by atoms with Crippen LogP contribution in [0.2, 0.25) is 0 Å². The lowest BCUT2D eigenvalue weighted by molar-refractivity contribution is -0.136. The van der Waals surface area contributed by atoms with Crippen LogP contribution in [0.25, 0.3) is 0 Å². The molecule has 7 heteroatoms. The molecule has 3 amide bonds. The van der Waals surface area contributed by atoms with Crippen LogP contribution in [0.5, 0.6) is 0 Å². The van der Waals surface area contributed by atoms with E-state index >= 15 is 0 Å². The summed E-state index contributed by atoms with van der Waals surface area (Å²) in [4.78, 5) is 40.8. The molecule has 2 saturated heterocycles. The molecule has 3 aliphatic rings. The van der Waals surface area contributed by atoms with Gasteiger partial charge in [-0.2, -0.15) is 0 Å². The molecule has 3 heterocycles. The summed E-state index contributed by atoms with van der Waals surface area (Å²) in [5.41, 5.74) is 4.11. The fourth-order valence-corrected chi connectivity index (χ4v) is 5.47. The van der Waals surface area contributed by atoms with Crippen molar-refractivity contribution in [3.8, 4) is 0 Å². The van der Waals surface area contributed by atoms with Gasteiger partial charge in [-0.1, -0.05) is 42.5 Å². The number of carbonyl (C=O) groups excluding carboxylic acids is 3. The molecule has 0 radical (unpaired) electrons. The van der Waals surface area contributed by atoms with Crippen LogP contribution < -0.4 is 10.6 Å². The number of fused-ring (bicyclic) bond motifs is 1. The van der Waals surface area contributed by atoms with Crippen LogP contribution >= 0.6 is 0 Å². The summed E-state index contributed by atoms with van der Waals surface area (Å²) < 4.78 is 0. The van der Waals surface area contributed by atoms with E-state index in [-0.39, 0.29) is 24.1 Å². The molecule has 0 bridgehead atoms. The SMILES string of the molecule is C[C@@H](c1ccccc1)N1CCC[C@@H](NCc2ccc3c(c2)CN(C2CCC(=O)NC2=O)C3=O)C1. The Bertz CT molecular complexity index is 1090. The summed E-state index contributed by atoms with van der Waals surface area (Å²) in [7, 11) is 0. The lowest BCUT2D eigenvalue weighted by Gasteiger charge is -2.37. The fraction of sp³-hybridized carbons (Fsp3) is 0.444. The average Bonchev–Trinajstić information content (AvgIpc) is 3.18. The zero-order valence-corrected chi connectivity index (χ0v) is 19.6. The fourth-order valence-electron chi connectivity index (χ4n) is 5.47. The first-order valence-corrected chi connectivity index (χ1v) is 12.3. The number of rotatable bonds is 6. The molecule has 1 unspecified atom stereocenters. The van der Waals surface area contributed by atoms with E-state index in [9.17, 15) is 14.4 Å². The molecule has 2 N–H and O–H groups in total. The predicted octanol–water partition coefficient (Wildman–Crippen LogP) is 2.76. The normalized spacial score (nSPS) is 24.1. The lowest BCUT2D eigenvalue weighted by Crippen LogP contribution is -2.52. The highest BCUT2D eigenvalue weighted by molar-refractivity contribution is 6.05. The number of imide groups is 1. The Morgan fingerprint density at radius 2 is 1.91 bits per heavy atom. The average molecular weight is 461 g/mol. The predicted molar refractivity (Wildman–Crippen MR) is 129 cm³/mol. The topological polar surface area (TPSA) is 81.8 Å². The molecule has 0 aliphatic carbocycles. The van der Waals surface area contributed by atoms with Gasteiger partial charge in [0.05, 0.1) is 0 Å². The van der Waals surface area contributed by atoms with E-state index in [0.29, 0.717) is 30.6 Å². The number of likely N-dealkylation sites (tertiary alicyclic amines) is 1. The van der Waals surface area contributed by atoms with Gasteiger partial charge >= 0.3 is 0 Å². The highest BCUT2D eigenvalue weighted by atomic mass is 16.2. The van der Waals surface area contributed by atoms with Crippen molar-refractivity contribution < 1.29 is 14.4 Å². The molecule has 178 valence electrons. The van der Waals surface area contributed by atoms with Crippen LogP contribution in [0.4, 0.5) is 0 Å². The van der Waals surface area contributed by atoms with Crippen molar-refractivity contribution in [3.63, 3.8) is 0 Å². The van der Waals surface area contributed by atoms with Crippen LogP contribution in [0.15, 0.2) is 48.5 Å². The molecule has 2 aromatic rings. The first-order valence-electron chi connectivity index (χ1n) is 12.3. The Morgan fingerprint density at radius 3 is 2.71 bits per heavy atom. The van der Waals surface area contributed by atoms with Crippen molar-refractivity contribution in [2.45, 2.75) is 63.8 Å². The molecule has 0 saturated carbocycles. The molecule has 3 aliphatic heterocycles. The maximum Gasteiger partial charge on any atom is 0.255 e. The van der Waals surface area contributed by atoms with E-state index in [1.165, 1.54) is 12.0 Å². The van der Waals surface area contributed by atoms with E-state index in [1.807, 2.05) is 12.1 Å². The molecular weight excluding hydrogens is 428 g/mol. The van der Waals surface area contributed by atoms with E-state index in [0.717, 1.165) is 37.2 Å². The summed E-state index contributed by atoms with van der Waals surface area (Å²) in [5, 5.41) is 6.08. The number of hydrogen-bond donors (Lipinski definition) is 2. The standard InChI is InChI=1S/C27H32N4O3/c1-18(20-6-3-2-4-7-20)30-13-5-8-22(17-30)28-15-19-9-10-23-21(14-19)16-31(27(23)34)24-11-12-25(32)29-26(24)33/h2-4,6-7,9-10,14,18,22,24,28H,5,8,11-13,15-17H2,1H3,(H,29,32,33)/t18-,22+,24?/m0/s1. The molecule has 2 aromatic carbocycles. The largest absolute Gasteiger partial charge is 0.322 e. The summed E-state index contributed by atoms with van der Waals surface area (Å²) in [5.74, 6) is -0.758. The smallest absolute Gasteiger partial charge is 0.255 e. The van der Waals surface area contributed by atoms with Crippen LogP contribution in [0.3, 0.4) is 0 Å². The second-order valence-electron chi connectivity index (χ2n) is 9.69. The maximum atomic E-state index is 12.9. The zero-order valence-electron chi connectivity index (χ0n) is 19.6. The minimum Gasteiger partial charge on any atom is -0.322 e. The summed E-state index contributed by atoms with van der Waals surface area (Å²) in [6.45, 7) is 5.58. The number of nitrogens with one attached hydrogen (secondary N) is 2. The van der Waals surface area contributed by atoms with E-state index in [1.54, 1.807) is 4.90 Å². The molecule has 0 aromatic heterocycles. The highest BCUT2D eigenvalue weighted by Gasteiger charge is 2.39. The van der Waals surface area contributed by atoms with Crippen molar-refractivity contribution in [3.05, 3.63) is 70.8 Å². The Morgan fingerprint density at radius 1 is 1.09 bits per heavy atom. The van der Waals surface area contributed by atoms with Gasteiger partial charge in [-0.05, 0) is 55.5 Å². The molecule has 3 atom stereocenters. The van der Waals surface area contributed by atoms with Gasteiger partial charge < -0.3 is 10.2 Å². The zero-order chi connectivity index (χ0) is 23.7. The Kier molecular flexibility index (Phi) is 6.48. The van der Waals surface area contributed by atoms with Crippen LogP contribution in [-0.2, 0) is 22.7 Å². The number of nitrogens with zero attached hydrogens (tertiary/aromatic N) is 2. The van der Waals surface area contributed by atoms with Gasteiger partial charge in [-0.3, -0.25) is 24.6 Å². The van der Waals surface area contributed by atoms with Gasteiger partial charge in [-0.15, -0.1) is 0 Å². The lowest BCUT2D eigenvalue weighted by atomic mass is 10.00. The van der Waals surface area contributed by atoms with E-state index in [2.05, 4.69) is 58.9 Å².